The van der Waals surface area contributed by atoms with E-state index in [-0.39, 0.29) is 23.3 Å². The smallest absolute Gasteiger partial charge is 0.243 e. The first-order valence-corrected chi connectivity index (χ1v) is 11.8. The Morgan fingerprint density at radius 2 is 1.83 bits per heavy atom. The molecular formula is C22H27ClN2O3S. The van der Waals surface area contributed by atoms with Gasteiger partial charge in [0.25, 0.3) is 0 Å². The molecule has 1 aliphatic heterocycles. The van der Waals surface area contributed by atoms with Crippen LogP contribution in [0.5, 0.6) is 0 Å². The number of sulfonamides is 1. The number of amides is 1. The first-order valence-electron chi connectivity index (χ1n) is 9.95. The van der Waals surface area contributed by atoms with Crippen molar-refractivity contribution in [2.45, 2.75) is 37.5 Å². The highest BCUT2D eigenvalue weighted by atomic mass is 35.5. The van der Waals surface area contributed by atoms with Crippen molar-refractivity contribution >= 4 is 27.5 Å². The second kappa shape index (κ2) is 9.74. The summed E-state index contributed by atoms with van der Waals surface area (Å²) in [7, 11) is -3.57. The molecule has 5 nitrogen and oxygen atoms in total. The molecular weight excluding hydrogens is 408 g/mol. The fourth-order valence-corrected chi connectivity index (χ4v) is 5.18. The van der Waals surface area contributed by atoms with Gasteiger partial charge in [0, 0.05) is 24.7 Å². The number of rotatable bonds is 7. The Hall–Kier alpha value is -1.89. The molecule has 1 unspecified atom stereocenters. The number of halogens is 1. The molecule has 1 atom stereocenters. The molecule has 0 aromatic heterocycles. The fourth-order valence-electron chi connectivity index (χ4n) is 3.53. The van der Waals surface area contributed by atoms with Crippen molar-refractivity contribution in [1.82, 2.24) is 9.62 Å². The van der Waals surface area contributed by atoms with Crippen LogP contribution in [0.4, 0.5) is 0 Å². The molecule has 3 rings (SSSR count). The van der Waals surface area contributed by atoms with Crippen molar-refractivity contribution in [1.29, 1.82) is 0 Å². The Labute approximate surface area is 178 Å². The van der Waals surface area contributed by atoms with Crippen LogP contribution < -0.4 is 5.32 Å². The summed E-state index contributed by atoms with van der Waals surface area (Å²) < 4.78 is 27.2. The summed E-state index contributed by atoms with van der Waals surface area (Å²) in [5.41, 5.74) is 2.19. The standard InChI is InChI=1S/C22H27ClN2O3S/c1-17-6-12-21(13-7-17)29(27,28)25-15-3-5-19(16-25)22(26)24-14-2-4-18-8-10-20(23)11-9-18/h6-13,19H,2-5,14-16H2,1H3,(H,24,26). The number of hydrogen-bond donors (Lipinski definition) is 1. The number of hydrogen-bond acceptors (Lipinski definition) is 3. The Balaban J connectivity index is 1.51. The average Bonchev–Trinajstić information content (AvgIpc) is 2.73. The van der Waals surface area contributed by atoms with Crippen molar-refractivity contribution in [2.75, 3.05) is 19.6 Å². The monoisotopic (exact) mass is 434 g/mol. The highest BCUT2D eigenvalue weighted by molar-refractivity contribution is 7.89. The molecule has 2 aromatic carbocycles. The number of aryl methyl sites for hydroxylation is 2. The van der Waals surface area contributed by atoms with E-state index in [2.05, 4.69) is 5.32 Å². The van der Waals surface area contributed by atoms with Gasteiger partial charge < -0.3 is 5.32 Å². The lowest BCUT2D eigenvalue weighted by molar-refractivity contribution is -0.126. The number of nitrogens with one attached hydrogen (secondary N) is 1. The van der Waals surface area contributed by atoms with E-state index in [0.29, 0.717) is 31.0 Å². The summed E-state index contributed by atoms with van der Waals surface area (Å²) in [5.74, 6) is -0.371. The van der Waals surface area contributed by atoms with E-state index in [1.54, 1.807) is 24.3 Å². The molecule has 0 saturated carbocycles. The number of carbonyl (C=O) groups excluding carboxylic acids is 1. The maximum Gasteiger partial charge on any atom is 0.243 e. The van der Waals surface area contributed by atoms with Crippen molar-refractivity contribution in [3.05, 3.63) is 64.7 Å². The van der Waals surface area contributed by atoms with Crippen LogP contribution in [0.1, 0.15) is 30.4 Å². The van der Waals surface area contributed by atoms with Crippen molar-refractivity contribution in [3.8, 4) is 0 Å². The van der Waals surface area contributed by atoms with Gasteiger partial charge in [-0.2, -0.15) is 4.31 Å². The first kappa shape index (κ1) is 21.8. The van der Waals surface area contributed by atoms with E-state index < -0.39 is 10.0 Å². The van der Waals surface area contributed by atoms with Gasteiger partial charge in [-0.1, -0.05) is 41.4 Å². The number of nitrogens with zero attached hydrogens (tertiary/aromatic N) is 1. The minimum Gasteiger partial charge on any atom is -0.356 e. The molecule has 1 heterocycles. The third-order valence-corrected chi connectivity index (χ3v) is 7.40. The van der Waals surface area contributed by atoms with E-state index in [1.165, 1.54) is 9.87 Å². The van der Waals surface area contributed by atoms with Gasteiger partial charge in [-0.3, -0.25) is 4.79 Å². The fraction of sp³-hybridized carbons (Fsp3) is 0.409. The maximum absolute atomic E-state index is 12.9. The largest absolute Gasteiger partial charge is 0.356 e. The maximum atomic E-state index is 12.9. The van der Waals surface area contributed by atoms with Crippen LogP contribution in [-0.4, -0.2) is 38.3 Å². The van der Waals surface area contributed by atoms with Crippen LogP contribution in [0.15, 0.2) is 53.4 Å². The van der Waals surface area contributed by atoms with Gasteiger partial charge in [0.05, 0.1) is 10.8 Å². The second-order valence-corrected chi connectivity index (χ2v) is 9.91. The van der Waals surface area contributed by atoms with Gasteiger partial charge >= 0.3 is 0 Å². The summed E-state index contributed by atoms with van der Waals surface area (Å²) in [5, 5.41) is 3.68. The highest BCUT2D eigenvalue weighted by Crippen LogP contribution is 2.24. The third-order valence-electron chi connectivity index (χ3n) is 5.27. The van der Waals surface area contributed by atoms with Crippen LogP contribution in [0, 0.1) is 12.8 Å². The molecule has 2 aromatic rings. The number of carbonyl (C=O) groups is 1. The molecule has 1 aliphatic rings. The molecule has 0 spiro atoms. The van der Waals surface area contributed by atoms with Gasteiger partial charge in [0.2, 0.25) is 15.9 Å². The quantitative estimate of drug-likeness (QED) is 0.674. The lowest BCUT2D eigenvalue weighted by Gasteiger charge is -2.31. The third kappa shape index (κ3) is 5.81. The molecule has 0 bridgehead atoms. The van der Waals surface area contributed by atoms with E-state index >= 15 is 0 Å². The van der Waals surface area contributed by atoms with Crippen molar-refractivity contribution in [2.24, 2.45) is 5.92 Å². The second-order valence-electron chi connectivity index (χ2n) is 7.54. The van der Waals surface area contributed by atoms with Gasteiger partial charge in [-0.15, -0.1) is 0 Å². The molecule has 1 N–H and O–H groups in total. The number of piperidine rings is 1. The molecule has 0 radical (unpaired) electrons. The van der Waals surface area contributed by atoms with Crippen LogP contribution in [-0.2, 0) is 21.2 Å². The Morgan fingerprint density at radius 1 is 1.14 bits per heavy atom. The Morgan fingerprint density at radius 3 is 2.52 bits per heavy atom. The Bertz CT molecular complexity index is 928. The predicted octanol–water partition coefficient (Wildman–Crippen LogP) is 3.80. The topological polar surface area (TPSA) is 66.5 Å². The average molecular weight is 435 g/mol. The van der Waals surface area contributed by atoms with Gasteiger partial charge in [-0.25, -0.2) is 8.42 Å². The minimum atomic E-state index is -3.57. The zero-order valence-corrected chi connectivity index (χ0v) is 18.2. The lowest BCUT2D eigenvalue weighted by Crippen LogP contribution is -2.45. The molecule has 1 saturated heterocycles. The zero-order valence-electron chi connectivity index (χ0n) is 16.6. The minimum absolute atomic E-state index is 0.0649. The summed E-state index contributed by atoms with van der Waals surface area (Å²) in [6, 6.07) is 14.5. The van der Waals surface area contributed by atoms with E-state index in [4.69, 9.17) is 11.6 Å². The normalized spacial score (nSPS) is 17.8. The van der Waals surface area contributed by atoms with Crippen LogP contribution in [0.2, 0.25) is 5.02 Å². The van der Waals surface area contributed by atoms with Gasteiger partial charge in [-0.05, 0) is 62.4 Å². The molecule has 29 heavy (non-hydrogen) atoms. The predicted molar refractivity (Wildman–Crippen MR) is 115 cm³/mol. The molecule has 0 aliphatic carbocycles. The van der Waals surface area contributed by atoms with Gasteiger partial charge in [0.1, 0.15) is 0 Å². The van der Waals surface area contributed by atoms with Crippen LogP contribution in [0.25, 0.3) is 0 Å². The summed E-state index contributed by atoms with van der Waals surface area (Å²) in [4.78, 5) is 12.8. The van der Waals surface area contributed by atoms with E-state index in [9.17, 15) is 13.2 Å². The van der Waals surface area contributed by atoms with Crippen LogP contribution >= 0.6 is 11.6 Å². The molecule has 7 heteroatoms. The SMILES string of the molecule is Cc1ccc(S(=O)(=O)N2CCCC(C(=O)NCCCc3ccc(Cl)cc3)C2)cc1. The van der Waals surface area contributed by atoms with E-state index in [0.717, 1.165) is 18.4 Å². The highest BCUT2D eigenvalue weighted by Gasteiger charge is 2.33. The zero-order chi connectivity index (χ0) is 20.9. The first-order chi connectivity index (χ1) is 13.9. The van der Waals surface area contributed by atoms with Crippen molar-refractivity contribution < 1.29 is 13.2 Å². The van der Waals surface area contributed by atoms with Crippen LogP contribution in [0.3, 0.4) is 0 Å². The lowest BCUT2D eigenvalue weighted by atomic mass is 9.99. The van der Waals surface area contributed by atoms with Crippen molar-refractivity contribution in [3.63, 3.8) is 0 Å². The number of benzene rings is 2. The molecule has 1 fully saturated rings. The summed E-state index contributed by atoms with van der Waals surface area (Å²) >= 11 is 5.89. The van der Waals surface area contributed by atoms with E-state index in [1.807, 2.05) is 31.2 Å². The molecule has 156 valence electrons. The Kier molecular flexibility index (Phi) is 7.33. The van der Waals surface area contributed by atoms with Gasteiger partial charge in [0.15, 0.2) is 0 Å². The molecule has 1 amide bonds. The summed E-state index contributed by atoms with van der Waals surface area (Å²) in [6.45, 7) is 3.18. The summed E-state index contributed by atoms with van der Waals surface area (Å²) in [6.07, 6.45) is 3.08.